The summed E-state index contributed by atoms with van der Waals surface area (Å²) in [6.45, 7) is 2.04. The van der Waals surface area contributed by atoms with E-state index in [1.807, 2.05) is 0 Å². The molecule has 1 heterocycles. The summed E-state index contributed by atoms with van der Waals surface area (Å²) in [6.07, 6.45) is 1.20. The highest BCUT2D eigenvalue weighted by Crippen LogP contribution is 2.28. The van der Waals surface area contributed by atoms with Crippen LogP contribution in [0.15, 0.2) is 18.2 Å². The number of amides is 2. The van der Waals surface area contributed by atoms with Gasteiger partial charge in [-0.05, 0) is 31.0 Å². The summed E-state index contributed by atoms with van der Waals surface area (Å²) in [5, 5.41) is 5.44. The van der Waals surface area contributed by atoms with Gasteiger partial charge in [-0.1, -0.05) is 0 Å². The average Bonchev–Trinajstić information content (AvgIpc) is 2.92. The molecule has 0 radical (unpaired) electrons. The number of hydrogen-bond acceptors (Lipinski definition) is 4. The van der Waals surface area contributed by atoms with Crippen molar-refractivity contribution >= 4 is 23.2 Å². The molecule has 0 spiro atoms. The fourth-order valence-electron chi connectivity index (χ4n) is 2.08. The van der Waals surface area contributed by atoms with Crippen LogP contribution in [-0.4, -0.2) is 31.6 Å². The maximum absolute atomic E-state index is 12.0. The van der Waals surface area contributed by atoms with Crippen LogP contribution < -0.4 is 15.4 Å². The molecule has 1 fully saturated rings. The molecule has 1 aromatic rings. The van der Waals surface area contributed by atoms with Crippen LogP contribution in [0.3, 0.4) is 0 Å². The van der Waals surface area contributed by atoms with Crippen LogP contribution in [0, 0.1) is 0 Å². The van der Waals surface area contributed by atoms with Gasteiger partial charge in [-0.25, -0.2) is 0 Å². The Kier molecular flexibility index (Phi) is 4.57. The summed E-state index contributed by atoms with van der Waals surface area (Å²) in [4.78, 5) is 23.1. The van der Waals surface area contributed by atoms with Crippen molar-refractivity contribution in [2.24, 2.45) is 0 Å². The minimum absolute atomic E-state index is 0.174. The first kappa shape index (κ1) is 14.3. The average molecular weight is 278 g/mol. The standard InChI is InChI=1S/C14H18N2O4/c1-9(17)15-10-5-6-12(19-2)11(8-10)16-14(18)13-4-3-7-20-13/h5-6,8,13H,3-4,7H2,1-2H3,(H,15,17)(H,16,18)/t13-/m1/s1. The van der Waals surface area contributed by atoms with Gasteiger partial charge in [0.1, 0.15) is 11.9 Å². The molecule has 1 aromatic carbocycles. The quantitative estimate of drug-likeness (QED) is 0.880. The first-order valence-corrected chi connectivity index (χ1v) is 6.48. The molecular formula is C14H18N2O4. The van der Waals surface area contributed by atoms with Gasteiger partial charge in [0.05, 0.1) is 12.8 Å². The molecule has 1 atom stereocenters. The molecule has 0 aliphatic carbocycles. The van der Waals surface area contributed by atoms with Crippen molar-refractivity contribution < 1.29 is 19.1 Å². The second-order valence-corrected chi connectivity index (χ2v) is 4.59. The van der Waals surface area contributed by atoms with Gasteiger partial charge in [0.25, 0.3) is 5.91 Å². The van der Waals surface area contributed by atoms with Crippen LogP contribution in [0.25, 0.3) is 0 Å². The van der Waals surface area contributed by atoms with Crippen LogP contribution in [0.1, 0.15) is 19.8 Å². The van der Waals surface area contributed by atoms with E-state index in [4.69, 9.17) is 9.47 Å². The summed E-state index contributed by atoms with van der Waals surface area (Å²) in [7, 11) is 1.52. The van der Waals surface area contributed by atoms with Gasteiger partial charge in [0.2, 0.25) is 5.91 Å². The molecule has 0 bridgehead atoms. The Balaban J connectivity index is 2.14. The fraction of sp³-hybridized carbons (Fsp3) is 0.429. The third kappa shape index (κ3) is 3.48. The lowest BCUT2D eigenvalue weighted by Crippen LogP contribution is -2.27. The molecule has 20 heavy (non-hydrogen) atoms. The number of nitrogens with one attached hydrogen (secondary N) is 2. The minimum atomic E-state index is -0.413. The molecule has 1 saturated heterocycles. The van der Waals surface area contributed by atoms with Crippen molar-refractivity contribution in [3.63, 3.8) is 0 Å². The number of carbonyl (C=O) groups excluding carboxylic acids is 2. The number of anilines is 2. The molecule has 6 heteroatoms. The predicted molar refractivity (Wildman–Crippen MR) is 74.9 cm³/mol. The van der Waals surface area contributed by atoms with E-state index in [9.17, 15) is 9.59 Å². The molecule has 108 valence electrons. The summed E-state index contributed by atoms with van der Waals surface area (Å²) >= 11 is 0. The van der Waals surface area contributed by atoms with Crippen molar-refractivity contribution in [3.8, 4) is 5.75 Å². The van der Waals surface area contributed by atoms with Crippen molar-refractivity contribution in [3.05, 3.63) is 18.2 Å². The molecule has 1 aliphatic rings. The van der Waals surface area contributed by atoms with E-state index in [0.29, 0.717) is 23.7 Å². The minimum Gasteiger partial charge on any atom is -0.495 e. The largest absolute Gasteiger partial charge is 0.495 e. The molecular weight excluding hydrogens is 260 g/mol. The summed E-state index contributed by atoms with van der Waals surface area (Å²) < 4.78 is 10.5. The zero-order valence-corrected chi connectivity index (χ0v) is 11.6. The topological polar surface area (TPSA) is 76.7 Å². The molecule has 2 amide bonds. The highest BCUT2D eigenvalue weighted by molar-refractivity contribution is 5.97. The Bertz CT molecular complexity index is 510. The Morgan fingerprint density at radius 2 is 2.15 bits per heavy atom. The Hall–Kier alpha value is -2.08. The van der Waals surface area contributed by atoms with Gasteiger partial charge in [0, 0.05) is 19.2 Å². The SMILES string of the molecule is COc1ccc(NC(C)=O)cc1NC(=O)[C@H]1CCCO1. The van der Waals surface area contributed by atoms with E-state index in [1.165, 1.54) is 14.0 Å². The van der Waals surface area contributed by atoms with E-state index >= 15 is 0 Å². The fourth-order valence-corrected chi connectivity index (χ4v) is 2.08. The van der Waals surface area contributed by atoms with Crippen molar-refractivity contribution in [2.45, 2.75) is 25.9 Å². The van der Waals surface area contributed by atoms with Gasteiger partial charge in [-0.2, -0.15) is 0 Å². The number of rotatable bonds is 4. The predicted octanol–water partition coefficient (Wildman–Crippen LogP) is 1.77. The number of carbonyl (C=O) groups is 2. The van der Waals surface area contributed by atoms with Crippen molar-refractivity contribution in [1.82, 2.24) is 0 Å². The summed E-state index contributed by atoms with van der Waals surface area (Å²) in [6, 6.07) is 5.06. The monoisotopic (exact) mass is 278 g/mol. The lowest BCUT2D eigenvalue weighted by atomic mass is 10.2. The van der Waals surface area contributed by atoms with Crippen LogP contribution in [0.4, 0.5) is 11.4 Å². The molecule has 2 N–H and O–H groups in total. The molecule has 1 aliphatic heterocycles. The van der Waals surface area contributed by atoms with Crippen LogP contribution in [0.5, 0.6) is 5.75 Å². The highest BCUT2D eigenvalue weighted by Gasteiger charge is 2.24. The van der Waals surface area contributed by atoms with Gasteiger partial charge >= 0.3 is 0 Å². The Morgan fingerprint density at radius 1 is 1.35 bits per heavy atom. The van der Waals surface area contributed by atoms with Gasteiger partial charge in [-0.3, -0.25) is 9.59 Å². The molecule has 2 rings (SSSR count). The van der Waals surface area contributed by atoms with Crippen LogP contribution >= 0.6 is 0 Å². The van der Waals surface area contributed by atoms with Crippen LogP contribution in [-0.2, 0) is 14.3 Å². The van der Waals surface area contributed by atoms with E-state index in [-0.39, 0.29) is 11.8 Å². The molecule has 0 unspecified atom stereocenters. The van der Waals surface area contributed by atoms with E-state index in [1.54, 1.807) is 18.2 Å². The second kappa shape index (κ2) is 6.38. The van der Waals surface area contributed by atoms with Crippen molar-refractivity contribution in [2.75, 3.05) is 24.4 Å². The van der Waals surface area contributed by atoms with Crippen LogP contribution in [0.2, 0.25) is 0 Å². The number of ether oxygens (including phenoxy) is 2. The zero-order chi connectivity index (χ0) is 14.5. The third-order valence-electron chi connectivity index (χ3n) is 3.00. The second-order valence-electron chi connectivity index (χ2n) is 4.59. The summed E-state index contributed by atoms with van der Waals surface area (Å²) in [5.41, 5.74) is 1.11. The highest BCUT2D eigenvalue weighted by atomic mass is 16.5. The first-order valence-electron chi connectivity index (χ1n) is 6.48. The molecule has 0 saturated carbocycles. The third-order valence-corrected chi connectivity index (χ3v) is 3.00. The molecule has 0 aromatic heterocycles. The Labute approximate surface area is 117 Å². The lowest BCUT2D eigenvalue weighted by Gasteiger charge is -2.14. The number of methoxy groups -OCH3 is 1. The van der Waals surface area contributed by atoms with E-state index in [2.05, 4.69) is 10.6 Å². The molecule has 6 nitrogen and oxygen atoms in total. The summed E-state index contributed by atoms with van der Waals surface area (Å²) in [5.74, 6) is 0.165. The zero-order valence-electron chi connectivity index (χ0n) is 11.6. The number of hydrogen-bond donors (Lipinski definition) is 2. The van der Waals surface area contributed by atoms with E-state index in [0.717, 1.165) is 12.8 Å². The lowest BCUT2D eigenvalue weighted by molar-refractivity contribution is -0.124. The maximum Gasteiger partial charge on any atom is 0.253 e. The Morgan fingerprint density at radius 3 is 2.75 bits per heavy atom. The number of benzene rings is 1. The van der Waals surface area contributed by atoms with Gasteiger partial charge < -0.3 is 20.1 Å². The normalized spacial score (nSPS) is 17.6. The van der Waals surface area contributed by atoms with Gasteiger partial charge in [0.15, 0.2) is 0 Å². The van der Waals surface area contributed by atoms with Crippen molar-refractivity contribution in [1.29, 1.82) is 0 Å². The first-order chi connectivity index (χ1) is 9.60. The maximum atomic E-state index is 12.0. The van der Waals surface area contributed by atoms with Gasteiger partial charge in [-0.15, -0.1) is 0 Å². The smallest absolute Gasteiger partial charge is 0.253 e. The van der Waals surface area contributed by atoms with E-state index < -0.39 is 6.10 Å².